The van der Waals surface area contributed by atoms with Crippen molar-refractivity contribution < 1.29 is 4.79 Å². The molecule has 0 radical (unpaired) electrons. The fourth-order valence-corrected chi connectivity index (χ4v) is 1.09. The Morgan fingerprint density at radius 2 is 2.50 bits per heavy atom. The molecule has 0 aliphatic rings. The maximum Gasteiger partial charge on any atom is 0.183 e. The maximum absolute atomic E-state index is 11.4. The molecular weight excluding hydrogens is 178 g/mol. The molecule has 1 aromatic rings. The number of rotatable bonds is 5. The lowest BCUT2D eigenvalue weighted by molar-refractivity contribution is 0.0980. The summed E-state index contributed by atoms with van der Waals surface area (Å²) in [4.78, 5) is 15.4. The van der Waals surface area contributed by atoms with E-state index in [2.05, 4.69) is 10.9 Å². The first kappa shape index (κ1) is 10.5. The van der Waals surface area contributed by atoms with Gasteiger partial charge in [-0.1, -0.05) is 0 Å². The molecule has 0 aliphatic heterocycles. The van der Waals surface area contributed by atoms with Crippen molar-refractivity contribution in [3.63, 3.8) is 0 Å². The van der Waals surface area contributed by atoms with Gasteiger partial charge in [0.1, 0.15) is 5.69 Å². The van der Waals surface area contributed by atoms with Gasteiger partial charge in [0.25, 0.3) is 0 Å². The molecule has 0 amide bonds. The minimum atomic E-state index is -0.0151. The highest BCUT2D eigenvalue weighted by molar-refractivity contribution is 5.94. The summed E-state index contributed by atoms with van der Waals surface area (Å²) < 4.78 is 1.79. The molecule has 14 heavy (non-hydrogen) atoms. The van der Waals surface area contributed by atoms with Crippen molar-refractivity contribution in [2.75, 3.05) is 6.54 Å². The Morgan fingerprint density at radius 3 is 3.14 bits per heavy atom. The largest absolute Gasteiger partial charge is 0.335 e. The number of Topliss-reactive ketones (excluding diaryl/α,β-unsaturated/α-hetero) is 1. The van der Waals surface area contributed by atoms with Crippen LogP contribution in [0.3, 0.4) is 0 Å². The molecule has 4 heteroatoms. The smallest absolute Gasteiger partial charge is 0.183 e. The number of imidazole rings is 1. The molecule has 0 bridgehead atoms. The van der Waals surface area contributed by atoms with Crippen molar-refractivity contribution in [3.05, 3.63) is 18.2 Å². The molecule has 0 aliphatic carbocycles. The second-order valence-corrected chi connectivity index (χ2v) is 2.91. The van der Waals surface area contributed by atoms with Gasteiger partial charge in [0.2, 0.25) is 0 Å². The highest BCUT2D eigenvalue weighted by Crippen LogP contribution is 2.02. The van der Waals surface area contributed by atoms with Gasteiger partial charge in [-0.15, -0.1) is 12.3 Å². The number of carbonyl (C=O) groups excluding carboxylic acids is 1. The van der Waals surface area contributed by atoms with Crippen LogP contribution in [0.1, 0.15) is 23.3 Å². The molecule has 4 nitrogen and oxygen atoms in total. The van der Waals surface area contributed by atoms with E-state index in [1.807, 2.05) is 0 Å². The quantitative estimate of drug-likeness (QED) is 0.542. The van der Waals surface area contributed by atoms with Crippen molar-refractivity contribution in [1.29, 1.82) is 0 Å². The average molecular weight is 191 g/mol. The van der Waals surface area contributed by atoms with Crippen LogP contribution in [0, 0.1) is 12.3 Å². The zero-order valence-corrected chi connectivity index (χ0v) is 7.94. The molecule has 0 atom stereocenters. The Kier molecular flexibility index (Phi) is 3.89. The molecule has 1 rings (SSSR count). The lowest BCUT2D eigenvalue weighted by Crippen LogP contribution is -2.08. The van der Waals surface area contributed by atoms with E-state index < -0.39 is 0 Å². The number of terminal acetylenes is 1. The van der Waals surface area contributed by atoms with Crippen LogP contribution in [0.15, 0.2) is 12.5 Å². The molecule has 74 valence electrons. The minimum absolute atomic E-state index is 0.0151. The lowest BCUT2D eigenvalue weighted by Gasteiger charge is -1.95. The Hall–Kier alpha value is -1.60. The Balaban J connectivity index is 2.58. The molecule has 0 saturated heterocycles. The van der Waals surface area contributed by atoms with E-state index in [-0.39, 0.29) is 5.78 Å². The summed E-state index contributed by atoms with van der Waals surface area (Å²) in [6.45, 7) is 1.21. The normalized spacial score (nSPS) is 9.71. The van der Waals surface area contributed by atoms with Gasteiger partial charge < -0.3 is 10.3 Å². The second kappa shape index (κ2) is 5.20. The van der Waals surface area contributed by atoms with Crippen molar-refractivity contribution in [1.82, 2.24) is 9.55 Å². The summed E-state index contributed by atoms with van der Waals surface area (Å²) in [6.07, 6.45) is 9.19. The van der Waals surface area contributed by atoms with Crippen molar-refractivity contribution in [3.8, 4) is 12.3 Å². The summed E-state index contributed by atoms with van der Waals surface area (Å²) in [5, 5.41) is 0. The van der Waals surface area contributed by atoms with Crippen LogP contribution in [0.25, 0.3) is 0 Å². The van der Waals surface area contributed by atoms with Gasteiger partial charge in [-0.05, 0) is 0 Å². The van der Waals surface area contributed by atoms with Crippen LogP contribution < -0.4 is 5.73 Å². The number of aromatic nitrogens is 2. The number of carbonyl (C=O) groups is 1. The molecule has 1 aromatic heterocycles. The van der Waals surface area contributed by atoms with Crippen LogP contribution in [0.4, 0.5) is 0 Å². The van der Waals surface area contributed by atoms with Crippen LogP contribution >= 0.6 is 0 Å². The van der Waals surface area contributed by atoms with E-state index in [1.54, 1.807) is 17.1 Å². The van der Waals surface area contributed by atoms with Gasteiger partial charge in [0, 0.05) is 32.1 Å². The zero-order valence-electron chi connectivity index (χ0n) is 7.94. The second-order valence-electron chi connectivity index (χ2n) is 2.91. The van der Waals surface area contributed by atoms with Crippen LogP contribution in [-0.2, 0) is 6.54 Å². The van der Waals surface area contributed by atoms with Crippen molar-refractivity contribution in [2.45, 2.75) is 19.4 Å². The van der Waals surface area contributed by atoms with Crippen LogP contribution in [-0.4, -0.2) is 21.9 Å². The molecule has 0 unspecified atom stereocenters. The monoisotopic (exact) mass is 191 g/mol. The van der Waals surface area contributed by atoms with Gasteiger partial charge in [0.15, 0.2) is 5.78 Å². The number of ketones is 1. The third kappa shape index (κ3) is 2.71. The number of nitrogens with zero attached hydrogens (tertiary/aromatic N) is 2. The zero-order chi connectivity index (χ0) is 10.4. The molecule has 1 heterocycles. The van der Waals surface area contributed by atoms with Crippen LogP contribution in [0.5, 0.6) is 0 Å². The van der Waals surface area contributed by atoms with Gasteiger partial charge in [-0.3, -0.25) is 4.79 Å². The topological polar surface area (TPSA) is 60.9 Å². The van der Waals surface area contributed by atoms with Gasteiger partial charge >= 0.3 is 0 Å². The number of hydrogen-bond donors (Lipinski definition) is 1. The predicted octanol–water partition coefficient (Wildman–Crippen LogP) is 0.438. The van der Waals surface area contributed by atoms with E-state index >= 15 is 0 Å². The first-order valence-corrected chi connectivity index (χ1v) is 4.46. The first-order chi connectivity index (χ1) is 6.77. The van der Waals surface area contributed by atoms with E-state index in [9.17, 15) is 4.79 Å². The predicted molar refractivity (Wildman–Crippen MR) is 53.7 cm³/mol. The Bertz CT molecular complexity index is 348. The van der Waals surface area contributed by atoms with E-state index in [0.717, 1.165) is 0 Å². The summed E-state index contributed by atoms with van der Waals surface area (Å²) >= 11 is 0. The fourth-order valence-electron chi connectivity index (χ4n) is 1.09. The van der Waals surface area contributed by atoms with E-state index in [1.165, 1.54) is 0 Å². The fraction of sp³-hybridized carbons (Fsp3) is 0.400. The lowest BCUT2D eigenvalue weighted by atomic mass is 10.2. The first-order valence-electron chi connectivity index (χ1n) is 4.46. The van der Waals surface area contributed by atoms with E-state index in [4.69, 9.17) is 12.2 Å². The third-order valence-electron chi connectivity index (χ3n) is 1.80. The summed E-state index contributed by atoms with van der Waals surface area (Å²) in [5.41, 5.74) is 5.83. The SMILES string of the molecule is C#CCCC(=O)c1cn(CCN)cn1. The summed E-state index contributed by atoms with van der Waals surface area (Å²) in [7, 11) is 0. The van der Waals surface area contributed by atoms with Gasteiger partial charge in [0.05, 0.1) is 6.33 Å². The maximum atomic E-state index is 11.4. The molecule has 0 aromatic carbocycles. The number of nitrogens with two attached hydrogens (primary N) is 1. The molecule has 0 saturated carbocycles. The number of hydrogen-bond acceptors (Lipinski definition) is 3. The Labute approximate surface area is 83.1 Å². The van der Waals surface area contributed by atoms with Crippen molar-refractivity contribution >= 4 is 5.78 Å². The molecule has 0 spiro atoms. The standard InChI is InChI=1S/C10H13N3O/c1-2-3-4-10(14)9-7-13(6-5-11)8-12-9/h1,7-8H,3-6,11H2. The molecular formula is C10H13N3O. The third-order valence-corrected chi connectivity index (χ3v) is 1.80. The van der Waals surface area contributed by atoms with Gasteiger partial charge in [-0.25, -0.2) is 4.98 Å². The highest BCUT2D eigenvalue weighted by Gasteiger charge is 2.07. The van der Waals surface area contributed by atoms with E-state index in [0.29, 0.717) is 31.6 Å². The Morgan fingerprint density at radius 1 is 1.71 bits per heavy atom. The molecule has 0 fully saturated rings. The highest BCUT2D eigenvalue weighted by atomic mass is 16.1. The van der Waals surface area contributed by atoms with Crippen molar-refractivity contribution in [2.24, 2.45) is 5.73 Å². The minimum Gasteiger partial charge on any atom is -0.335 e. The average Bonchev–Trinajstić information content (AvgIpc) is 2.63. The van der Waals surface area contributed by atoms with Gasteiger partial charge in [-0.2, -0.15) is 0 Å². The summed E-state index contributed by atoms with van der Waals surface area (Å²) in [6, 6.07) is 0. The molecule has 2 N–H and O–H groups in total. The summed E-state index contributed by atoms with van der Waals surface area (Å²) in [5.74, 6) is 2.41. The van der Waals surface area contributed by atoms with Crippen LogP contribution in [0.2, 0.25) is 0 Å².